The van der Waals surface area contributed by atoms with Crippen LogP contribution in [-0.2, 0) is 19.2 Å². The fraction of sp³-hybridized carbons (Fsp3) is 0.750. The first-order valence-corrected chi connectivity index (χ1v) is 10.1. The van der Waals surface area contributed by atoms with Crippen LogP contribution in [0.3, 0.4) is 0 Å². The Labute approximate surface area is 162 Å². The van der Waals surface area contributed by atoms with Crippen LogP contribution in [0, 0.1) is 0 Å². The van der Waals surface area contributed by atoms with Crippen molar-refractivity contribution in [3.63, 3.8) is 0 Å². The molecule has 27 heavy (non-hydrogen) atoms. The molecule has 1 aliphatic heterocycles. The standard InChI is InChI=1S/C16H28N4O6S/c1-9(15(24)20-6-3-4-12(20)16(25)26)18-14(23)11(5-7-27-2)19-13(22)10(17)8-21/h9-12,21H,3-8,17H2,1-2H3,(H,18,23)(H,19,22)(H,25,26). The Kier molecular flexibility index (Phi) is 9.53. The summed E-state index contributed by atoms with van der Waals surface area (Å²) in [5.41, 5.74) is 5.45. The third kappa shape index (κ3) is 6.67. The van der Waals surface area contributed by atoms with Gasteiger partial charge in [-0.15, -0.1) is 0 Å². The van der Waals surface area contributed by atoms with E-state index in [9.17, 15) is 24.3 Å². The molecule has 1 rings (SSSR count). The van der Waals surface area contributed by atoms with Crippen LogP contribution in [0.15, 0.2) is 0 Å². The first-order chi connectivity index (χ1) is 12.7. The summed E-state index contributed by atoms with van der Waals surface area (Å²) in [6.45, 7) is 1.25. The fourth-order valence-corrected chi connectivity index (χ4v) is 3.25. The van der Waals surface area contributed by atoms with Gasteiger partial charge in [0, 0.05) is 6.54 Å². The number of carbonyl (C=O) groups excluding carboxylic acids is 3. The van der Waals surface area contributed by atoms with Crippen LogP contribution in [-0.4, -0.2) is 88.1 Å². The number of aliphatic carboxylic acids is 1. The summed E-state index contributed by atoms with van der Waals surface area (Å²) < 4.78 is 0. The molecule has 6 N–H and O–H groups in total. The molecule has 11 heteroatoms. The third-order valence-corrected chi connectivity index (χ3v) is 4.97. The number of thioether (sulfide) groups is 1. The largest absolute Gasteiger partial charge is 0.480 e. The normalized spacial score (nSPS) is 19.9. The Morgan fingerprint density at radius 1 is 1.26 bits per heavy atom. The molecule has 4 atom stereocenters. The molecule has 0 bridgehead atoms. The van der Waals surface area contributed by atoms with Crippen molar-refractivity contribution in [2.24, 2.45) is 5.73 Å². The Hall–Kier alpha value is -1.85. The van der Waals surface area contributed by atoms with E-state index < -0.39 is 54.5 Å². The maximum Gasteiger partial charge on any atom is 0.326 e. The number of rotatable bonds is 10. The third-order valence-electron chi connectivity index (χ3n) is 4.33. The number of aliphatic hydroxyl groups is 1. The number of hydrogen-bond acceptors (Lipinski definition) is 7. The number of aliphatic hydroxyl groups excluding tert-OH is 1. The molecule has 4 unspecified atom stereocenters. The number of nitrogens with zero attached hydrogens (tertiary/aromatic N) is 1. The van der Waals surface area contributed by atoms with Crippen molar-refractivity contribution in [3.05, 3.63) is 0 Å². The molecule has 0 spiro atoms. The van der Waals surface area contributed by atoms with Gasteiger partial charge in [-0.05, 0) is 38.2 Å². The lowest BCUT2D eigenvalue weighted by atomic mass is 10.1. The Morgan fingerprint density at radius 2 is 1.93 bits per heavy atom. The van der Waals surface area contributed by atoms with E-state index in [1.807, 2.05) is 6.26 Å². The molecule has 1 aliphatic rings. The molecule has 1 heterocycles. The fourth-order valence-electron chi connectivity index (χ4n) is 2.78. The van der Waals surface area contributed by atoms with E-state index in [2.05, 4.69) is 10.6 Å². The summed E-state index contributed by atoms with van der Waals surface area (Å²) in [4.78, 5) is 49.4. The van der Waals surface area contributed by atoms with Gasteiger partial charge in [-0.25, -0.2) is 4.79 Å². The van der Waals surface area contributed by atoms with Crippen molar-refractivity contribution < 1.29 is 29.4 Å². The van der Waals surface area contributed by atoms with Crippen molar-refractivity contribution in [1.82, 2.24) is 15.5 Å². The molecule has 0 aromatic heterocycles. The lowest BCUT2D eigenvalue weighted by molar-refractivity contribution is -0.149. The number of likely N-dealkylation sites (tertiary alicyclic amines) is 1. The van der Waals surface area contributed by atoms with Gasteiger partial charge in [-0.2, -0.15) is 11.8 Å². The number of nitrogens with one attached hydrogen (secondary N) is 2. The van der Waals surface area contributed by atoms with E-state index >= 15 is 0 Å². The number of carbonyl (C=O) groups is 4. The molecule has 10 nitrogen and oxygen atoms in total. The average Bonchev–Trinajstić information content (AvgIpc) is 3.13. The summed E-state index contributed by atoms with van der Waals surface area (Å²) in [5.74, 6) is -2.18. The van der Waals surface area contributed by atoms with Gasteiger partial charge >= 0.3 is 5.97 Å². The summed E-state index contributed by atoms with van der Waals surface area (Å²) in [6.07, 6.45) is 3.14. The topological polar surface area (TPSA) is 162 Å². The zero-order chi connectivity index (χ0) is 20.6. The molecule has 0 saturated carbocycles. The van der Waals surface area contributed by atoms with Gasteiger partial charge in [-0.1, -0.05) is 0 Å². The minimum Gasteiger partial charge on any atom is -0.480 e. The average molecular weight is 404 g/mol. The number of amides is 3. The monoisotopic (exact) mass is 404 g/mol. The van der Waals surface area contributed by atoms with Crippen molar-refractivity contribution in [1.29, 1.82) is 0 Å². The zero-order valence-corrected chi connectivity index (χ0v) is 16.3. The van der Waals surface area contributed by atoms with E-state index in [1.165, 1.54) is 23.6 Å². The lowest BCUT2D eigenvalue weighted by Crippen LogP contribution is -2.56. The van der Waals surface area contributed by atoms with Gasteiger partial charge < -0.3 is 31.5 Å². The molecule has 0 radical (unpaired) electrons. The number of hydrogen-bond donors (Lipinski definition) is 5. The highest BCUT2D eigenvalue weighted by Crippen LogP contribution is 2.18. The zero-order valence-electron chi connectivity index (χ0n) is 15.5. The van der Waals surface area contributed by atoms with Crippen LogP contribution in [0.25, 0.3) is 0 Å². The quantitative estimate of drug-likeness (QED) is 0.283. The van der Waals surface area contributed by atoms with Crippen molar-refractivity contribution in [2.45, 2.75) is 50.4 Å². The predicted octanol–water partition coefficient (Wildman–Crippen LogP) is -1.88. The SMILES string of the molecule is CSCCC(NC(=O)C(N)CO)C(=O)NC(C)C(=O)N1CCCC1C(=O)O. The van der Waals surface area contributed by atoms with Crippen LogP contribution in [0.5, 0.6) is 0 Å². The summed E-state index contributed by atoms with van der Waals surface area (Å²) in [6, 6.07) is -3.87. The van der Waals surface area contributed by atoms with E-state index in [4.69, 9.17) is 10.8 Å². The van der Waals surface area contributed by atoms with Gasteiger partial charge in [0.1, 0.15) is 24.2 Å². The van der Waals surface area contributed by atoms with E-state index in [0.29, 0.717) is 31.6 Å². The van der Waals surface area contributed by atoms with Crippen molar-refractivity contribution in [3.8, 4) is 0 Å². The highest BCUT2D eigenvalue weighted by Gasteiger charge is 2.36. The molecule has 1 fully saturated rings. The molecular formula is C16H28N4O6S. The second-order valence-electron chi connectivity index (χ2n) is 6.39. The van der Waals surface area contributed by atoms with Crippen LogP contribution < -0.4 is 16.4 Å². The number of carboxylic acid groups (broad SMARTS) is 1. The minimum atomic E-state index is -1.14. The van der Waals surface area contributed by atoms with E-state index in [-0.39, 0.29) is 0 Å². The van der Waals surface area contributed by atoms with Gasteiger partial charge in [0.05, 0.1) is 6.61 Å². The Morgan fingerprint density at radius 3 is 2.48 bits per heavy atom. The van der Waals surface area contributed by atoms with Gasteiger partial charge in [0.25, 0.3) is 0 Å². The summed E-state index contributed by atoms with van der Waals surface area (Å²) in [5, 5.41) is 23.2. The van der Waals surface area contributed by atoms with Gasteiger partial charge in [-0.3, -0.25) is 14.4 Å². The molecule has 154 valence electrons. The highest BCUT2D eigenvalue weighted by atomic mass is 32.2. The molecule has 0 aliphatic carbocycles. The number of carboxylic acids is 1. The van der Waals surface area contributed by atoms with Crippen LogP contribution in [0.1, 0.15) is 26.2 Å². The van der Waals surface area contributed by atoms with Gasteiger partial charge in [0.2, 0.25) is 17.7 Å². The Balaban J connectivity index is 2.73. The predicted molar refractivity (Wildman–Crippen MR) is 100.0 cm³/mol. The molecule has 1 saturated heterocycles. The van der Waals surface area contributed by atoms with Crippen LogP contribution >= 0.6 is 11.8 Å². The maximum absolute atomic E-state index is 12.5. The molecule has 0 aromatic rings. The molecule has 0 aromatic carbocycles. The number of nitrogens with two attached hydrogens (primary N) is 1. The summed E-state index contributed by atoms with van der Waals surface area (Å²) >= 11 is 1.49. The van der Waals surface area contributed by atoms with E-state index in [1.54, 1.807) is 0 Å². The second kappa shape index (κ2) is 11.1. The minimum absolute atomic E-state index is 0.319. The smallest absolute Gasteiger partial charge is 0.326 e. The maximum atomic E-state index is 12.5. The second-order valence-corrected chi connectivity index (χ2v) is 7.38. The van der Waals surface area contributed by atoms with E-state index in [0.717, 1.165) is 0 Å². The van der Waals surface area contributed by atoms with Crippen LogP contribution in [0.4, 0.5) is 0 Å². The van der Waals surface area contributed by atoms with Crippen LogP contribution in [0.2, 0.25) is 0 Å². The van der Waals surface area contributed by atoms with Crippen molar-refractivity contribution in [2.75, 3.05) is 25.2 Å². The first kappa shape index (κ1) is 23.2. The Bertz CT molecular complexity index is 561. The summed E-state index contributed by atoms with van der Waals surface area (Å²) in [7, 11) is 0. The first-order valence-electron chi connectivity index (χ1n) is 8.72. The van der Waals surface area contributed by atoms with Gasteiger partial charge in [0.15, 0.2) is 0 Å². The van der Waals surface area contributed by atoms with Crippen molar-refractivity contribution >= 4 is 35.5 Å². The highest BCUT2D eigenvalue weighted by molar-refractivity contribution is 7.98. The lowest BCUT2D eigenvalue weighted by Gasteiger charge is -2.27. The molecular weight excluding hydrogens is 376 g/mol. The molecule has 3 amide bonds.